The quantitative estimate of drug-likeness (QED) is 0.892. The molecule has 1 aromatic carbocycles. The van der Waals surface area contributed by atoms with Crippen LogP contribution in [0.15, 0.2) is 30.3 Å². The largest absolute Gasteiger partial charge is 0.445 e. The fourth-order valence-corrected chi connectivity index (χ4v) is 2.04. The molecule has 0 spiro atoms. The van der Waals surface area contributed by atoms with Crippen molar-refractivity contribution in [1.29, 1.82) is 0 Å². The number of Topliss-reactive ketones (excluding diaryl/α,β-unsaturated/α-hetero) is 1. The summed E-state index contributed by atoms with van der Waals surface area (Å²) in [7, 11) is 0. The standard InChI is InChI=1S/C14H17NO3/c16-13-9-5-4-8-12(13)15-14(17)18-10-11-6-2-1-3-7-11/h1-3,6-7,12H,4-5,8-10H2,(H,15,17)/t12-/m0/s1. The van der Waals surface area contributed by atoms with Crippen LogP contribution in [0.4, 0.5) is 4.79 Å². The summed E-state index contributed by atoms with van der Waals surface area (Å²) in [6, 6.07) is 9.10. The Balaban J connectivity index is 1.76. The number of hydrogen-bond donors (Lipinski definition) is 1. The van der Waals surface area contributed by atoms with Gasteiger partial charge in [-0.2, -0.15) is 0 Å². The summed E-state index contributed by atoms with van der Waals surface area (Å²) in [5.74, 6) is 0.109. The number of alkyl carbamates (subject to hydrolysis) is 1. The average molecular weight is 247 g/mol. The normalized spacial score (nSPS) is 19.3. The molecule has 4 nitrogen and oxygen atoms in total. The van der Waals surface area contributed by atoms with Gasteiger partial charge in [0, 0.05) is 6.42 Å². The highest BCUT2D eigenvalue weighted by Crippen LogP contribution is 2.14. The zero-order valence-corrected chi connectivity index (χ0v) is 10.2. The molecule has 0 saturated heterocycles. The Morgan fingerprint density at radius 2 is 2.06 bits per heavy atom. The molecule has 0 aliphatic heterocycles. The van der Waals surface area contributed by atoms with Gasteiger partial charge in [0.05, 0.1) is 6.04 Å². The van der Waals surface area contributed by atoms with E-state index in [1.165, 1.54) is 0 Å². The van der Waals surface area contributed by atoms with Crippen molar-refractivity contribution in [2.75, 3.05) is 0 Å². The van der Waals surface area contributed by atoms with E-state index in [1.807, 2.05) is 30.3 Å². The molecule has 0 bridgehead atoms. The molecule has 1 saturated carbocycles. The number of carbonyl (C=O) groups excluding carboxylic acids is 2. The molecule has 96 valence electrons. The van der Waals surface area contributed by atoms with Crippen LogP contribution in [0.3, 0.4) is 0 Å². The molecule has 1 aromatic rings. The van der Waals surface area contributed by atoms with Crippen molar-refractivity contribution < 1.29 is 14.3 Å². The Kier molecular flexibility index (Phi) is 4.34. The number of benzene rings is 1. The monoisotopic (exact) mass is 247 g/mol. The van der Waals surface area contributed by atoms with Crippen LogP contribution in [-0.4, -0.2) is 17.9 Å². The van der Waals surface area contributed by atoms with E-state index in [2.05, 4.69) is 5.32 Å². The summed E-state index contributed by atoms with van der Waals surface area (Å²) in [5.41, 5.74) is 0.933. The zero-order valence-electron chi connectivity index (χ0n) is 10.2. The van der Waals surface area contributed by atoms with Crippen LogP contribution >= 0.6 is 0 Å². The third-order valence-electron chi connectivity index (χ3n) is 3.06. The van der Waals surface area contributed by atoms with Gasteiger partial charge in [-0.15, -0.1) is 0 Å². The highest BCUT2D eigenvalue weighted by atomic mass is 16.5. The maximum Gasteiger partial charge on any atom is 0.408 e. The summed E-state index contributed by atoms with van der Waals surface area (Å²) in [5, 5.41) is 2.63. The van der Waals surface area contributed by atoms with E-state index in [1.54, 1.807) is 0 Å². The summed E-state index contributed by atoms with van der Waals surface area (Å²) in [6.45, 7) is 0.230. The van der Waals surface area contributed by atoms with E-state index in [-0.39, 0.29) is 18.4 Å². The van der Waals surface area contributed by atoms with Crippen molar-refractivity contribution in [3.05, 3.63) is 35.9 Å². The second-order valence-corrected chi connectivity index (χ2v) is 4.47. The van der Waals surface area contributed by atoms with Gasteiger partial charge in [-0.05, 0) is 18.4 Å². The molecule has 0 unspecified atom stereocenters. The van der Waals surface area contributed by atoms with Gasteiger partial charge in [0.2, 0.25) is 0 Å². The van der Waals surface area contributed by atoms with Crippen molar-refractivity contribution in [3.8, 4) is 0 Å². The van der Waals surface area contributed by atoms with Crippen LogP contribution in [-0.2, 0) is 16.1 Å². The molecule has 1 amide bonds. The predicted molar refractivity (Wildman–Crippen MR) is 67.0 cm³/mol. The molecule has 18 heavy (non-hydrogen) atoms. The van der Waals surface area contributed by atoms with E-state index in [4.69, 9.17) is 4.74 Å². The van der Waals surface area contributed by atoms with Crippen LogP contribution in [0.5, 0.6) is 0 Å². The second-order valence-electron chi connectivity index (χ2n) is 4.47. The van der Waals surface area contributed by atoms with E-state index in [0.717, 1.165) is 24.8 Å². The number of carbonyl (C=O) groups is 2. The third kappa shape index (κ3) is 3.58. The van der Waals surface area contributed by atoms with Gasteiger partial charge < -0.3 is 10.1 Å². The van der Waals surface area contributed by atoms with Crippen molar-refractivity contribution in [2.24, 2.45) is 0 Å². The van der Waals surface area contributed by atoms with Gasteiger partial charge in [-0.25, -0.2) is 4.79 Å². The highest BCUT2D eigenvalue weighted by molar-refractivity contribution is 5.87. The molecular weight excluding hydrogens is 230 g/mol. The SMILES string of the molecule is O=C(N[C@H]1CCCCC1=O)OCc1ccccc1. The lowest BCUT2D eigenvalue weighted by Crippen LogP contribution is -2.42. The van der Waals surface area contributed by atoms with Gasteiger partial charge in [0.25, 0.3) is 0 Å². The lowest BCUT2D eigenvalue weighted by Gasteiger charge is -2.21. The van der Waals surface area contributed by atoms with E-state index < -0.39 is 6.09 Å². The van der Waals surface area contributed by atoms with Gasteiger partial charge in [0.15, 0.2) is 5.78 Å². The van der Waals surface area contributed by atoms with Crippen molar-refractivity contribution in [3.63, 3.8) is 0 Å². The van der Waals surface area contributed by atoms with Crippen LogP contribution < -0.4 is 5.32 Å². The van der Waals surface area contributed by atoms with Gasteiger partial charge in [-0.1, -0.05) is 36.8 Å². The molecule has 1 N–H and O–H groups in total. The number of ketones is 1. The summed E-state index contributed by atoms with van der Waals surface area (Å²) >= 11 is 0. The van der Waals surface area contributed by atoms with Crippen LogP contribution in [0.1, 0.15) is 31.2 Å². The molecule has 2 rings (SSSR count). The van der Waals surface area contributed by atoms with Crippen molar-refractivity contribution in [2.45, 2.75) is 38.3 Å². The molecule has 1 atom stereocenters. The number of ether oxygens (including phenoxy) is 1. The Morgan fingerprint density at radius 1 is 1.28 bits per heavy atom. The van der Waals surface area contributed by atoms with Gasteiger partial charge in [0.1, 0.15) is 6.61 Å². The van der Waals surface area contributed by atoms with Gasteiger partial charge in [-0.3, -0.25) is 4.79 Å². The highest BCUT2D eigenvalue weighted by Gasteiger charge is 2.24. The first-order valence-corrected chi connectivity index (χ1v) is 6.25. The summed E-state index contributed by atoms with van der Waals surface area (Å²) in [4.78, 5) is 23.1. The molecule has 1 fully saturated rings. The lowest BCUT2D eigenvalue weighted by atomic mass is 9.94. The zero-order chi connectivity index (χ0) is 12.8. The number of hydrogen-bond acceptors (Lipinski definition) is 3. The number of nitrogens with one attached hydrogen (secondary N) is 1. The predicted octanol–water partition coefficient (Wildman–Crippen LogP) is 2.42. The Hall–Kier alpha value is -1.84. The molecule has 1 aliphatic rings. The van der Waals surface area contributed by atoms with Crippen molar-refractivity contribution >= 4 is 11.9 Å². The molecule has 4 heteroatoms. The minimum Gasteiger partial charge on any atom is -0.445 e. The lowest BCUT2D eigenvalue weighted by molar-refractivity contribution is -0.122. The first-order valence-electron chi connectivity index (χ1n) is 6.25. The fourth-order valence-electron chi connectivity index (χ4n) is 2.04. The Bertz CT molecular complexity index is 416. The van der Waals surface area contributed by atoms with Crippen molar-refractivity contribution in [1.82, 2.24) is 5.32 Å². The first kappa shape index (κ1) is 12.6. The molecule has 0 aromatic heterocycles. The molecule has 0 radical (unpaired) electrons. The summed E-state index contributed by atoms with van der Waals surface area (Å²) in [6.07, 6.45) is 2.67. The van der Waals surface area contributed by atoms with Crippen LogP contribution in [0, 0.1) is 0 Å². The first-order chi connectivity index (χ1) is 8.75. The average Bonchev–Trinajstić information content (AvgIpc) is 2.40. The smallest absolute Gasteiger partial charge is 0.408 e. The van der Waals surface area contributed by atoms with E-state index in [0.29, 0.717) is 6.42 Å². The van der Waals surface area contributed by atoms with Crippen LogP contribution in [0.25, 0.3) is 0 Å². The number of amides is 1. The molecule has 1 aliphatic carbocycles. The third-order valence-corrected chi connectivity index (χ3v) is 3.06. The maximum atomic E-state index is 11.5. The molecule has 0 heterocycles. The maximum absolute atomic E-state index is 11.5. The Labute approximate surface area is 106 Å². The van der Waals surface area contributed by atoms with Crippen LogP contribution in [0.2, 0.25) is 0 Å². The fraction of sp³-hybridized carbons (Fsp3) is 0.429. The van der Waals surface area contributed by atoms with E-state index >= 15 is 0 Å². The Morgan fingerprint density at radius 3 is 2.78 bits per heavy atom. The topological polar surface area (TPSA) is 55.4 Å². The van der Waals surface area contributed by atoms with Gasteiger partial charge >= 0.3 is 6.09 Å². The van der Waals surface area contributed by atoms with E-state index in [9.17, 15) is 9.59 Å². The molecular formula is C14H17NO3. The second kappa shape index (κ2) is 6.19. The minimum atomic E-state index is -0.515. The summed E-state index contributed by atoms with van der Waals surface area (Å²) < 4.78 is 5.08. The minimum absolute atomic E-state index is 0.109. The number of rotatable bonds is 3.